The van der Waals surface area contributed by atoms with E-state index in [-0.39, 0.29) is 5.89 Å². The second-order valence-corrected chi connectivity index (χ2v) is 4.12. The minimum absolute atomic E-state index is 0.0863. The predicted octanol–water partition coefficient (Wildman–Crippen LogP) is 2.23. The quantitative estimate of drug-likeness (QED) is 0.723. The average Bonchev–Trinajstić information content (AvgIpc) is 2.63. The van der Waals surface area contributed by atoms with Gasteiger partial charge in [-0.05, 0) is 32.6 Å². The van der Waals surface area contributed by atoms with Crippen LogP contribution in [0.1, 0.15) is 38.5 Å². The van der Waals surface area contributed by atoms with Gasteiger partial charge in [-0.3, -0.25) is 0 Å². The SMILES string of the molecule is CC(C)(F)c1nnc(CC2CC2)o1. The van der Waals surface area contributed by atoms with Gasteiger partial charge in [0, 0.05) is 6.42 Å². The highest BCUT2D eigenvalue weighted by molar-refractivity contribution is 4.94. The Hall–Kier alpha value is -0.930. The van der Waals surface area contributed by atoms with Crippen LogP contribution in [0.4, 0.5) is 4.39 Å². The number of hydrogen-bond donors (Lipinski definition) is 0. The Morgan fingerprint density at radius 1 is 1.46 bits per heavy atom. The molecule has 3 nitrogen and oxygen atoms in total. The van der Waals surface area contributed by atoms with E-state index >= 15 is 0 Å². The van der Waals surface area contributed by atoms with Crippen LogP contribution < -0.4 is 0 Å². The van der Waals surface area contributed by atoms with E-state index in [0.29, 0.717) is 11.8 Å². The third kappa shape index (κ3) is 2.05. The van der Waals surface area contributed by atoms with Crippen LogP contribution in [-0.2, 0) is 12.1 Å². The van der Waals surface area contributed by atoms with Crippen molar-refractivity contribution in [3.63, 3.8) is 0 Å². The van der Waals surface area contributed by atoms with Gasteiger partial charge in [0.1, 0.15) is 0 Å². The van der Waals surface area contributed by atoms with Crippen LogP contribution in [0.15, 0.2) is 4.42 Å². The van der Waals surface area contributed by atoms with Gasteiger partial charge in [0.2, 0.25) is 5.89 Å². The first-order valence-electron chi connectivity index (χ1n) is 4.57. The molecule has 0 atom stereocenters. The first-order chi connectivity index (χ1) is 6.05. The Bertz CT molecular complexity index is 299. The largest absolute Gasteiger partial charge is 0.422 e. The van der Waals surface area contributed by atoms with Crippen molar-refractivity contribution in [3.8, 4) is 0 Å². The van der Waals surface area contributed by atoms with Gasteiger partial charge in [0.25, 0.3) is 5.89 Å². The Labute approximate surface area is 76.3 Å². The van der Waals surface area contributed by atoms with E-state index < -0.39 is 5.67 Å². The topological polar surface area (TPSA) is 38.9 Å². The molecule has 1 fully saturated rings. The summed E-state index contributed by atoms with van der Waals surface area (Å²) in [5, 5.41) is 7.48. The normalized spacial score (nSPS) is 17.8. The molecule has 0 aliphatic heterocycles. The summed E-state index contributed by atoms with van der Waals surface area (Å²) in [6, 6.07) is 0. The summed E-state index contributed by atoms with van der Waals surface area (Å²) in [4.78, 5) is 0. The molecule has 0 radical (unpaired) electrons. The zero-order chi connectivity index (χ0) is 9.47. The molecule has 0 aromatic carbocycles. The van der Waals surface area contributed by atoms with Crippen LogP contribution >= 0.6 is 0 Å². The van der Waals surface area contributed by atoms with Gasteiger partial charge in [-0.25, -0.2) is 4.39 Å². The van der Waals surface area contributed by atoms with Gasteiger partial charge in [-0.15, -0.1) is 10.2 Å². The summed E-state index contributed by atoms with van der Waals surface area (Å²) in [6.45, 7) is 2.84. The fraction of sp³-hybridized carbons (Fsp3) is 0.778. The van der Waals surface area contributed by atoms with Gasteiger partial charge in [-0.1, -0.05) is 0 Å². The Balaban J connectivity index is 2.08. The van der Waals surface area contributed by atoms with E-state index in [4.69, 9.17) is 4.42 Å². The van der Waals surface area contributed by atoms with Gasteiger partial charge < -0.3 is 4.42 Å². The van der Waals surface area contributed by atoms with E-state index in [0.717, 1.165) is 6.42 Å². The molecular weight excluding hydrogens is 171 g/mol. The Morgan fingerprint density at radius 2 is 2.15 bits per heavy atom. The van der Waals surface area contributed by atoms with Crippen LogP contribution in [0, 0.1) is 5.92 Å². The molecular formula is C9H13FN2O. The van der Waals surface area contributed by atoms with Crippen molar-refractivity contribution in [2.45, 2.75) is 38.8 Å². The van der Waals surface area contributed by atoms with Crippen molar-refractivity contribution >= 4 is 0 Å². The third-order valence-corrected chi connectivity index (χ3v) is 2.14. The van der Waals surface area contributed by atoms with Crippen LogP contribution in [0.5, 0.6) is 0 Å². The molecule has 0 N–H and O–H groups in total. The maximum absolute atomic E-state index is 13.3. The van der Waals surface area contributed by atoms with Crippen LogP contribution in [0.25, 0.3) is 0 Å². The fourth-order valence-electron chi connectivity index (χ4n) is 1.15. The number of aromatic nitrogens is 2. The van der Waals surface area contributed by atoms with Crippen molar-refractivity contribution in [3.05, 3.63) is 11.8 Å². The first kappa shape index (κ1) is 8.66. The molecule has 1 saturated carbocycles. The highest BCUT2D eigenvalue weighted by atomic mass is 19.1. The van der Waals surface area contributed by atoms with E-state index in [1.54, 1.807) is 0 Å². The maximum Gasteiger partial charge on any atom is 0.253 e. The predicted molar refractivity (Wildman–Crippen MR) is 44.9 cm³/mol. The summed E-state index contributed by atoms with van der Waals surface area (Å²) in [5.74, 6) is 1.35. The monoisotopic (exact) mass is 184 g/mol. The number of halogens is 1. The van der Waals surface area contributed by atoms with Crippen molar-refractivity contribution in [1.29, 1.82) is 0 Å². The molecule has 2 rings (SSSR count). The molecule has 0 amide bonds. The van der Waals surface area contributed by atoms with E-state index in [2.05, 4.69) is 10.2 Å². The minimum atomic E-state index is -1.52. The lowest BCUT2D eigenvalue weighted by molar-refractivity contribution is 0.167. The molecule has 0 spiro atoms. The minimum Gasteiger partial charge on any atom is -0.422 e. The van der Waals surface area contributed by atoms with Crippen LogP contribution in [-0.4, -0.2) is 10.2 Å². The van der Waals surface area contributed by atoms with Crippen molar-refractivity contribution in [1.82, 2.24) is 10.2 Å². The first-order valence-corrected chi connectivity index (χ1v) is 4.57. The number of rotatable bonds is 3. The summed E-state index contributed by atoms with van der Waals surface area (Å²) in [7, 11) is 0. The summed E-state index contributed by atoms with van der Waals surface area (Å²) >= 11 is 0. The summed E-state index contributed by atoms with van der Waals surface area (Å²) < 4.78 is 18.5. The van der Waals surface area contributed by atoms with E-state index in [1.807, 2.05) is 0 Å². The van der Waals surface area contributed by atoms with Gasteiger partial charge >= 0.3 is 0 Å². The molecule has 4 heteroatoms. The molecule has 1 aliphatic carbocycles. The molecule has 72 valence electrons. The lowest BCUT2D eigenvalue weighted by atomic mass is 10.2. The van der Waals surface area contributed by atoms with Crippen molar-refractivity contribution < 1.29 is 8.81 Å². The molecule has 0 unspecified atom stereocenters. The molecule has 1 aromatic heterocycles. The number of nitrogens with zero attached hydrogens (tertiary/aromatic N) is 2. The van der Waals surface area contributed by atoms with Gasteiger partial charge in [-0.2, -0.15) is 0 Å². The zero-order valence-corrected chi connectivity index (χ0v) is 7.88. The summed E-state index contributed by atoms with van der Waals surface area (Å²) in [5.41, 5.74) is -1.52. The number of alkyl halides is 1. The Kier molecular flexibility index (Phi) is 1.86. The molecule has 1 aromatic rings. The second kappa shape index (κ2) is 2.79. The highest BCUT2D eigenvalue weighted by Gasteiger charge is 2.29. The van der Waals surface area contributed by atoms with Gasteiger partial charge in [0.15, 0.2) is 5.67 Å². The number of hydrogen-bond acceptors (Lipinski definition) is 3. The standard InChI is InChI=1S/C9H13FN2O/c1-9(2,10)8-12-11-7(13-8)5-6-3-4-6/h6H,3-5H2,1-2H3. The zero-order valence-electron chi connectivity index (χ0n) is 7.88. The van der Waals surface area contributed by atoms with E-state index in [1.165, 1.54) is 26.7 Å². The Morgan fingerprint density at radius 3 is 2.62 bits per heavy atom. The molecule has 1 aliphatic rings. The highest BCUT2D eigenvalue weighted by Crippen LogP contribution is 2.33. The maximum atomic E-state index is 13.3. The van der Waals surface area contributed by atoms with Crippen molar-refractivity contribution in [2.75, 3.05) is 0 Å². The van der Waals surface area contributed by atoms with Crippen LogP contribution in [0.2, 0.25) is 0 Å². The molecule has 13 heavy (non-hydrogen) atoms. The second-order valence-electron chi connectivity index (χ2n) is 4.12. The van der Waals surface area contributed by atoms with Gasteiger partial charge in [0.05, 0.1) is 0 Å². The lowest BCUT2D eigenvalue weighted by Gasteiger charge is -2.06. The van der Waals surface area contributed by atoms with Crippen LogP contribution in [0.3, 0.4) is 0 Å². The summed E-state index contributed by atoms with van der Waals surface area (Å²) in [6.07, 6.45) is 3.27. The molecule has 0 saturated heterocycles. The van der Waals surface area contributed by atoms with E-state index in [9.17, 15) is 4.39 Å². The van der Waals surface area contributed by atoms with Crippen molar-refractivity contribution in [2.24, 2.45) is 5.92 Å². The molecule has 1 heterocycles. The average molecular weight is 184 g/mol. The fourth-order valence-corrected chi connectivity index (χ4v) is 1.15. The third-order valence-electron chi connectivity index (χ3n) is 2.14. The lowest BCUT2D eigenvalue weighted by Crippen LogP contribution is -2.09. The smallest absolute Gasteiger partial charge is 0.253 e. The molecule has 0 bridgehead atoms.